The van der Waals surface area contributed by atoms with Gasteiger partial charge in [0, 0.05) is 20.0 Å². The highest BCUT2D eigenvalue weighted by molar-refractivity contribution is 5.69. The fourth-order valence-corrected chi connectivity index (χ4v) is 6.50. The lowest BCUT2D eigenvalue weighted by molar-refractivity contribution is -0.298. The normalized spacial score (nSPS) is 20.8. The van der Waals surface area contributed by atoms with Crippen LogP contribution in [0, 0.1) is 0 Å². The first kappa shape index (κ1) is 47.3. The summed E-state index contributed by atoms with van der Waals surface area (Å²) in [5.74, 6) is -0.820. The number of ether oxygens (including phenoxy) is 4. The summed E-state index contributed by atoms with van der Waals surface area (Å²) in [6, 6.07) is 0. The van der Waals surface area contributed by atoms with E-state index in [2.05, 4.69) is 38.2 Å². The Morgan fingerprint density at radius 2 is 0.941 bits per heavy atom. The van der Waals surface area contributed by atoms with E-state index < -0.39 is 36.7 Å². The molecule has 1 heterocycles. The molecule has 5 atom stereocenters. The van der Waals surface area contributed by atoms with Gasteiger partial charge in [-0.3, -0.25) is 9.59 Å². The Morgan fingerprint density at radius 1 is 0.549 bits per heavy atom. The fraction of sp³-hybridized carbons (Fsp3) is 0.860. The first-order chi connectivity index (χ1) is 24.9. The fourth-order valence-electron chi connectivity index (χ4n) is 6.50. The molecule has 2 N–H and O–H groups in total. The number of aliphatic hydroxyl groups excluding tert-OH is 2. The zero-order valence-electron chi connectivity index (χ0n) is 33.0. The second-order valence-corrected chi connectivity index (χ2v) is 14.6. The number of allylic oxidation sites excluding steroid dienone is 4. The van der Waals surface area contributed by atoms with Crippen LogP contribution in [0.5, 0.6) is 0 Å². The van der Waals surface area contributed by atoms with Crippen molar-refractivity contribution in [3.05, 3.63) is 24.3 Å². The molecule has 0 aliphatic carbocycles. The zero-order chi connectivity index (χ0) is 37.2. The van der Waals surface area contributed by atoms with Gasteiger partial charge in [-0.15, -0.1) is 0 Å². The lowest BCUT2D eigenvalue weighted by atomic mass is 9.99. The van der Waals surface area contributed by atoms with Gasteiger partial charge in [-0.1, -0.05) is 141 Å². The maximum absolute atomic E-state index is 12.5. The predicted molar refractivity (Wildman–Crippen MR) is 207 cm³/mol. The van der Waals surface area contributed by atoms with Crippen LogP contribution in [0.25, 0.3) is 0 Å². The van der Waals surface area contributed by atoms with Crippen LogP contribution in [-0.4, -0.2) is 66.6 Å². The molecule has 1 fully saturated rings. The molecule has 8 heteroatoms. The number of esters is 2. The Kier molecular flexibility index (Phi) is 31.6. The van der Waals surface area contributed by atoms with Gasteiger partial charge in [0.15, 0.2) is 12.4 Å². The second-order valence-electron chi connectivity index (χ2n) is 14.6. The molecular formula is C43H78O8. The summed E-state index contributed by atoms with van der Waals surface area (Å²) < 4.78 is 21.9. The highest BCUT2D eigenvalue weighted by atomic mass is 16.7. The van der Waals surface area contributed by atoms with Crippen molar-refractivity contribution in [1.29, 1.82) is 0 Å². The van der Waals surface area contributed by atoms with Gasteiger partial charge < -0.3 is 29.2 Å². The van der Waals surface area contributed by atoms with Gasteiger partial charge in [-0.05, 0) is 64.2 Å². The van der Waals surface area contributed by atoms with E-state index in [9.17, 15) is 19.8 Å². The van der Waals surface area contributed by atoms with Crippen LogP contribution in [0.15, 0.2) is 24.3 Å². The van der Waals surface area contributed by atoms with E-state index in [-0.39, 0.29) is 19.0 Å². The van der Waals surface area contributed by atoms with E-state index in [1.807, 2.05) is 0 Å². The third-order valence-corrected chi connectivity index (χ3v) is 9.84. The molecule has 298 valence electrons. The number of rotatable bonds is 34. The Morgan fingerprint density at radius 3 is 1.37 bits per heavy atom. The van der Waals surface area contributed by atoms with Crippen LogP contribution in [-0.2, 0) is 28.5 Å². The van der Waals surface area contributed by atoms with E-state index in [4.69, 9.17) is 18.9 Å². The quantitative estimate of drug-likeness (QED) is 0.0384. The SMILES string of the molecule is CCCCCCCCC=CCCCCCCCC(=O)O[C@H]1C(OC)O[C@H](COC(=O)CCCCCCC/C=C/CCCCCCCC)[C@@H](O)[C@@H]1O. The minimum absolute atomic E-state index is 0.211. The number of unbranched alkanes of at least 4 members (excludes halogenated alkanes) is 22. The third kappa shape index (κ3) is 25.8. The Labute approximate surface area is 312 Å². The lowest BCUT2D eigenvalue weighted by Gasteiger charge is -2.41. The van der Waals surface area contributed by atoms with Gasteiger partial charge >= 0.3 is 11.9 Å². The summed E-state index contributed by atoms with van der Waals surface area (Å²) in [5, 5.41) is 21.4. The Balaban J connectivity index is 2.12. The maximum atomic E-state index is 12.5. The van der Waals surface area contributed by atoms with E-state index in [0.29, 0.717) is 12.8 Å². The summed E-state index contributed by atoms with van der Waals surface area (Å²) in [4.78, 5) is 24.8. The van der Waals surface area contributed by atoms with Crippen LogP contribution in [0.3, 0.4) is 0 Å². The molecule has 0 aromatic rings. The molecule has 0 aromatic carbocycles. The number of methoxy groups -OCH3 is 1. The van der Waals surface area contributed by atoms with Gasteiger partial charge in [0.1, 0.15) is 24.9 Å². The van der Waals surface area contributed by atoms with Crippen molar-refractivity contribution >= 4 is 11.9 Å². The summed E-state index contributed by atoms with van der Waals surface area (Å²) in [7, 11) is 1.38. The van der Waals surface area contributed by atoms with Crippen LogP contribution >= 0.6 is 0 Å². The standard InChI is InChI=1S/C43H78O8/c1-4-6-8-10-12-14-16-18-20-22-24-26-28-30-32-34-38(44)49-36-37-40(46)41(47)42(43(48-3)50-37)51-39(45)35-33-31-29-27-25-23-21-19-17-15-13-11-9-7-5-2/h18-21,37,40-43,46-47H,4-17,22-36H2,1-3H3/b20-18+,21-19?/t37-,40-,41+,42-,43?/m1/s1. The molecule has 8 nitrogen and oxygen atoms in total. The van der Waals surface area contributed by atoms with Crippen molar-refractivity contribution in [2.45, 2.75) is 224 Å². The number of hydrogen-bond donors (Lipinski definition) is 2. The molecule has 1 aliphatic heterocycles. The lowest BCUT2D eigenvalue weighted by Crippen LogP contribution is -2.60. The van der Waals surface area contributed by atoms with Crippen molar-refractivity contribution in [3.8, 4) is 0 Å². The minimum Gasteiger partial charge on any atom is -0.463 e. The molecule has 1 rings (SSSR count). The average Bonchev–Trinajstić information content (AvgIpc) is 3.13. The molecule has 0 radical (unpaired) electrons. The van der Waals surface area contributed by atoms with Gasteiger partial charge in [-0.25, -0.2) is 0 Å². The van der Waals surface area contributed by atoms with E-state index in [1.54, 1.807) is 0 Å². The smallest absolute Gasteiger partial charge is 0.306 e. The van der Waals surface area contributed by atoms with E-state index >= 15 is 0 Å². The molecule has 1 saturated heterocycles. The highest BCUT2D eigenvalue weighted by Crippen LogP contribution is 2.25. The van der Waals surface area contributed by atoms with Crippen molar-refractivity contribution in [2.75, 3.05) is 13.7 Å². The van der Waals surface area contributed by atoms with Gasteiger partial charge in [0.05, 0.1) is 0 Å². The first-order valence-corrected chi connectivity index (χ1v) is 21.1. The number of aliphatic hydroxyl groups is 2. The van der Waals surface area contributed by atoms with Crippen LogP contribution in [0.4, 0.5) is 0 Å². The van der Waals surface area contributed by atoms with Crippen LogP contribution < -0.4 is 0 Å². The van der Waals surface area contributed by atoms with Crippen molar-refractivity contribution in [3.63, 3.8) is 0 Å². The first-order valence-electron chi connectivity index (χ1n) is 21.1. The summed E-state index contributed by atoms with van der Waals surface area (Å²) in [5.41, 5.74) is 0. The molecule has 0 aromatic heterocycles. The van der Waals surface area contributed by atoms with Gasteiger partial charge in [0.25, 0.3) is 0 Å². The second kappa shape index (κ2) is 34.1. The molecule has 0 bridgehead atoms. The van der Waals surface area contributed by atoms with Crippen molar-refractivity contribution in [1.82, 2.24) is 0 Å². The highest BCUT2D eigenvalue weighted by Gasteiger charge is 2.47. The topological polar surface area (TPSA) is 112 Å². The van der Waals surface area contributed by atoms with Crippen LogP contribution in [0.2, 0.25) is 0 Å². The molecule has 0 saturated carbocycles. The molecule has 1 aliphatic rings. The molecule has 51 heavy (non-hydrogen) atoms. The summed E-state index contributed by atoms with van der Waals surface area (Å²) in [6.07, 6.45) is 34.5. The van der Waals surface area contributed by atoms with E-state index in [0.717, 1.165) is 64.2 Å². The molecular weight excluding hydrogens is 644 g/mol. The molecule has 0 amide bonds. The number of carbonyl (C=O) groups is 2. The molecule has 0 spiro atoms. The van der Waals surface area contributed by atoms with Crippen molar-refractivity contribution in [2.24, 2.45) is 0 Å². The van der Waals surface area contributed by atoms with Gasteiger partial charge in [-0.2, -0.15) is 0 Å². The average molecular weight is 723 g/mol. The summed E-state index contributed by atoms with van der Waals surface area (Å²) in [6.45, 7) is 4.29. The van der Waals surface area contributed by atoms with Crippen LogP contribution in [0.1, 0.15) is 194 Å². The number of carbonyl (C=O) groups excluding carboxylic acids is 2. The monoisotopic (exact) mass is 723 g/mol. The maximum Gasteiger partial charge on any atom is 0.306 e. The molecule has 1 unspecified atom stereocenters. The summed E-state index contributed by atoms with van der Waals surface area (Å²) >= 11 is 0. The third-order valence-electron chi connectivity index (χ3n) is 9.84. The predicted octanol–water partition coefficient (Wildman–Crippen LogP) is 10.6. The minimum atomic E-state index is -1.42. The van der Waals surface area contributed by atoms with E-state index in [1.165, 1.54) is 103 Å². The van der Waals surface area contributed by atoms with Gasteiger partial charge in [0.2, 0.25) is 0 Å². The largest absolute Gasteiger partial charge is 0.463 e. The Hall–Kier alpha value is -1.74. The zero-order valence-corrected chi connectivity index (χ0v) is 33.0. The number of hydrogen-bond acceptors (Lipinski definition) is 8. The van der Waals surface area contributed by atoms with Crippen molar-refractivity contribution < 1.29 is 38.7 Å². The Bertz CT molecular complexity index is 870.